The molecule has 6 nitrogen and oxygen atoms in total. The zero-order chi connectivity index (χ0) is 21.3. The van der Waals surface area contributed by atoms with Gasteiger partial charge in [0, 0.05) is 31.5 Å². The van der Waals surface area contributed by atoms with Gasteiger partial charge in [-0.05, 0) is 35.9 Å². The van der Waals surface area contributed by atoms with Gasteiger partial charge in [0.15, 0.2) is 0 Å². The van der Waals surface area contributed by atoms with Gasteiger partial charge in [0.2, 0.25) is 5.91 Å². The Morgan fingerprint density at radius 1 is 1.03 bits per heavy atom. The Bertz CT molecular complexity index is 1090. The van der Waals surface area contributed by atoms with E-state index in [2.05, 4.69) is 4.98 Å². The van der Waals surface area contributed by atoms with E-state index in [-0.39, 0.29) is 17.7 Å². The highest BCUT2D eigenvalue weighted by Crippen LogP contribution is 2.34. The third-order valence-electron chi connectivity index (χ3n) is 5.40. The third kappa shape index (κ3) is 3.52. The zero-order valence-electron chi connectivity index (χ0n) is 17.2. The molecule has 0 radical (unpaired) electrons. The SMILES string of the molecule is COc1ccc(-c2cncc(C(=O)N3CC(C)C(=O)N(C)c4ccccc43)c2)cc1. The summed E-state index contributed by atoms with van der Waals surface area (Å²) < 4.78 is 5.21. The van der Waals surface area contributed by atoms with Crippen molar-refractivity contribution in [1.29, 1.82) is 0 Å². The van der Waals surface area contributed by atoms with E-state index in [9.17, 15) is 9.59 Å². The lowest BCUT2D eigenvalue weighted by atomic mass is 10.0. The van der Waals surface area contributed by atoms with Gasteiger partial charge in [0.05, 0.1) is 30.0 Å². The number of rotatable bonds is 3. The molecule has 1 unspecified atom stereocenters. The lowest BCUT2D eigenvalue weighted by Gasteiger charge is -2.24. The van der Waals surface area contributed by atoms with E-state index in [0.29, 0.717) is 12.1 Å². The van der Waals surface area contributed by atoms with Gasteiger partial charge < -0.3 is 14.5 Å². The minimum absolute atomic E-state index is 0.0112. The summed E-state index contributed by atoms with van der Waals surface area (Å²) in [5.41, 5.74) is 3.70. The molecule has 0 saturated heterocycles. The fraction of sp³-hybridized carbons (Fsp3) is 0.208. The van der Waals surface area contributed by atoms with Gasteiger partial charge in [-0.3, -0.25) is 14.6 Å². The quantitative estimate of drug-likeness (QED) is 0.665. The van der Waals surface area contributed by atoms with E-state index in [1.54, 1.807) is 36.4 Å². The molecule has 1 aliphatic rings. The number of hydrogen-bond acceptors (Lipinski definition) is 4. The van der Waals surface area contributed by atoms with Crippen molar-refractivity contribution in [3.8, 4) is 16.9 Å². The Labute approximate surface area is 175 Å². The minimum atomic E-state index is -0.316. The first-order chi connectivity index (χ1) is 14.5. The normalized spacial score (nSPS) is 16.1. The molecular formula is C24H23N3O3. The number of nitrogens with zero attached hydrogens (tertiary/aromatic N) is 3. The van der Waals surface area contributed by atoms with Crippen molar-refractivity contribution < 1.29 is 14.3 Å². The van der Waals surface area contributed by atoms with Crippen molar-refractivity contribution in [3.63, 3.8) is 0 Å². The number of benzene rings is 2. The lowest BCUT2D eigenvalue weighted by molar-refractivity contribution is -0.121. The minimum Gasteiger partial charge on any atom is -0.497 e. The fourth-order valence-electron chi connectivity index (χ4n) is 3.72. The van der Waals surface area contributed by atoms with E-state index >= 15 is 0 Å². The lowest BCUT2D eigenvalue weighted by Crippen LogP contribution is -2.37. The van der Waals surface area contributed by atoms with Gasteiger partial charge in [-0.2, -0.15) is 0 Å². The van der Waals surface area contributed by atoms with Crippen LogP contribution in [0.15, 0.2) is 67.0 Å². The number of carbonyl (C=O) groups excluding carboxylic acids is 2. The molecule has 2 amide bonds. The standard InChI is InChI=1S/C24H23N3O3/c1-16-15-27(22-7-5-4-6-21(22)26(2)23(16)28)24(29)19-12-18(13-25-14-19)17-8-10-20(30-3)11-9-17/h4-14,16H,15H2,1-3H3. The predicted octanol–water partition coefficient (Wildman–Crippen LogP) is 4.02. The number of carbonyl (C=O) groups is 2. The molecule has 0 fully saturated rings. The molecule has 2 aromatic carbocycles. The Kier molecular flexibility index (Phi) is 5.23. The second-order valence-corrected chi connectivity index (χ2v) is 7.39. The van der Waals surface area contributed by atoms with Gasteiger partial charge in [0.1, 0.15) is 5.75 Å². The maximum atomic E-state index is 13.5. The molecule has 0 N–H and O–H groups in total. The Balaban J connectivity index is 1.72. The second-order valence-electron chi connectivity index (χ2n) is 7.39. The Hall–Kier alpha value is -3.67. The van der Waals surface area contributed by atoms with Crippen LogP contribution in [0, 0.1) is 5.92 Å². The van der Waals surface area contributed by atoms with Crippen LogP contribution in [0.25, 0.3) is 11.1 Å². The first kappa shape index (κ1) is 19.6. The number of aromatic nitrogens is 1. The average molecular weight is 401 g/mol. The molecule has 30 heavy (non-hydrogen) atoms. The van der Waals surface area contributed by atoms with Crippen LogP contribution >= 0.6 is 0 Å². The van der Waals surface area contributed by atoms with Crippen LogP contribution in [0.5, 0.6) is 5.75 Å². The van der Waals surface area contributed by atoms with Crippen LogP contribution < -0.4 is 14.5 Å². The maximum Gasteiger partial charge on any atom is 0.259 e. The highest BCUT2D eigenvalue weighted by atomic mass is 16.5. The molecule has 1 aromatic heterocycles. The van der Waals surface area contributed by atoms with Crippen molar-refractivity contribution in [2.45, 2.75) is 6.92 Å². The number of amides is 2. The number of hydrogen-bond donors (Lipinski definition) is 0. The number of methoxy groups -OCH3 is 1. The van der Waals surface area contributed by atoms with E-state index in [1.807, 2.05) is 61.5 Å². The van der Waals surface area contributed by atoms with Crippen LogP contribution in [0.1, 0.15) is 17.3 Å². The summed E-state index contributed by atoms with van der Waals surface area (Å²) in [6.07, 6.45) is 3.30. The van der Waals surface area contributed by atoms with Crippen molar-refractivity contribution in [1.82, 2.24) is 4.98 Å². The van der Waals surface area contributed by atoms with Gasteiger partial charge >= 0.3 is 0 Å². The summed E-state index contributed by atoms with van der Waals surface area (Å²) in [7, 11) is 3.37. The summed E-state index contributed by atoms with van der Waals surface area (Å²) in [6, 6.07) is 16.9. The number of anilines is 2. The van der Waals surface area contributed by atoms with Gasteiger partial charge in [0.25, 0.3) is 5.91 Å². The summed E-state index contributed by atoms with van der Waals surface area (Å²) in [5, 5.41) is 0. The molecule has 4 rings (SSSR count). The molecule has 0 spiro atoms. The number of fused-ring (bicyclic) bond motifs is 1. The largest absolute Gasteiger partial charge is 0.497 e. The highest BCUT2D eigenvalue weighted by molar-refractivity contribution is 6.11. The predicted molar refractivity (Wildman–Crippen MR) is 117 cm³/mol. The monoisotopic (exact) mass is 401 g/mol. The summed E-state index contributed by atoms with van der Waals surface area (Å²) in [6.45, 7) is 2.16. The van der Waals surface area contributed by atoms with E-state index in [0.717, 1.165) is 28.3 Å². The third-order valence-corrected chi connectivity index (χ3v) is 5.40. The molecule has 3 aromatic rings. The van der Waals surface area contributed by atoms with Crippen molar-refractivity contribution in [2.75, 3.05) is 30.5 Å². The summed E-state index contributed by atoms with van der Waals surface area (Å²) in [4.78, 5) is 33.8. The Morgan fingerprint density at radius 2 is 1.73 bits per heavy atom. The molecule has 0 aliphatic carbocycles. The van der Waals surface area contributed by atoms with Crippen LogP contribution in [0.4, 0.5) is 11.4 Å². The molecule has 1 aliphatic heterocycles. The van der Waals surface area contributed by atoms with Crippen LogP contribution in [0.3, 0.4) is 0 Å². The molecule has 2 heterocycles. The fourth-order valence-corrected chi connectivity index (χ4v) is 3.72. The molecular weight excluding hydrogens is 378 g/mol. The van der Waals surface area contributed by atoms with Crippen LogP contribution in [-0.4, -0.2) is 37.5 Å². The number of para-hydroxylation sites is 2. The summed E-state index contributed by atoms with van der Waals surface area (Å²) in [5.74, 6) is 0.259. The number of pyridine rings is 1. The van der Waals surface area contributed by atoms with Crippen LogP contribution in [-0.2, 0) is 4.79 Å². The van der Waals surface area contributed by atoms with Crippen molar-refractivity contribution in [2.24, 2.45) is 5.92 Å². The first-order valence-electron chi connectivity index (χ1n) is 9.77. The van der Waals surface area contributed by atoms with Gasteiger partial charge in [-0.15, -0.1) is 0 Å². The highest BCUT2D eigenvalue weighted by Gasteiger charge is 2.32. The van der Waals surface area contributed by atoms with Crippen LogP contribution in [0.2, 0.25) is 0 Å². The molecule has 1 atom stereocenters. The van der Waals surface area contributed by atoms with E-state index in [1.165, 1.54) is 0 Å². The second kappa shape index (κ2) is 7.99. The van der Waals surface area contributed by atoms with Gasteiger partial charge in [-0.1, -0.05) is 31.2 Å². The smallest absolute Gasteiger partial charge is 0.259 e. The Morgan fingerprint density at radius 3 is 2.43 bits per heavy atom. The molecule has 0 saturated carbocycles. The molecule has 152 valence electrons. The first-order valence-corrected chi connectivity index (χ1v) is 9.77. The van der Waals surface area contributed by atoms with E-state index in [4.69, 9.17) is 4.74 Å². The molecule has 0 bridgehead atoms. The maximum absolute atomic E-state index is 13.5. The molecule has 6 heteroatoms. The zero-order valence-corrected chi connectivity index (χ0v) is 17.2. The van der Waals surface area contributed by atoms with Crippen molar-refractivity contribution in [3.05, 3.63) is 72.6 Å². The number of ether oxygens (including phenoxy) is 1. The van der Waals surface area contributed by atoms with Crippen molar-refractivity contribution >= 4 is 23.2 Å². The van der Waals surface area contributed by atoms with Gasteiger partial charge in [-0.25, -0.2) is 0 Å². The van der Waals surface area contributed by atoms with E-state index < -0.39 is 0 Å². The average Bonchev–Trinajstić information content (AvgIpc) is 2.89. The topological polar surface area (TPSA) is 62.7 Å². The summed E-state index contributed by atoms with van der Waals surface area (Å²) >= 11 is 0.